The average Bonchev–Trinajstić information content (AvgIpc) is 3.01. The Morgan fingerprint density at radius 1 is 1.24 bits per heavy atom. The number of nitrogens with zero attached hydrogens (tertiary/aromatic N) is 1. The van der Waals surface area contributed by atoms with Gasteiger partial charge in [-0.15, -0.1) is 0 Å². The number of aliphatic hydroxyl groups excluding tert-OH is 1. The van der Waals surface area contributed by atoms with Crippen LogP contribution in [0.4, 0.5) is 4.79 Å². The van der Waals surface area contributed by atoms with Crippen LogP contribution in [0.25, 0.3) is 10.8 Å². The van der Waals surface area contributed by atoms with Crippen LogP contribution < -0.4 is 0 Å². The highest BCUT2D eigenvalue weighted by atomic mass is 127. The van der Waals surface area contributed by atoms with Gasteiger partial charge in [-0.1, -0.05) is 72.8 Å². The van der Waals surface area contributed by atoms with Gasteiger partial charge in [-0.3, -0.25) is 4.79 Å². The van der Waals surface area contributed by atoms with Crippen LogP contribution in [0.15, 0.2) is 42.5 Å². The molecule has 1 fully saturated rings. The van der Waals surface area contributed by atoms with E-state index >= 15 is 0 Å². The number of rotatable bonds is 4. The standard InChI is InChI=1S/C19H20INO4/c1-11(2)15-10-25-19(24)21(15)18(23)16(20)17(22)14-8-7-12-5-3-4-6-13(12)9-14/h3-9,11,15-17,22H,10H2,1-2H3/t15-,16+,17+/m1/s1. The number of aliphatic hydroxyl groups is 1. The Hall–Kier alpha value is -1.67. The molecule has 6 heteroatoms. The number of halogens is 1. The van der Waals surface area contributed by atoms with Gasteiger partial charge in [-0.2, -0.15) is 0 Å². The number of ether oxygens (including phenoxy) is 1. The van der Waals surface area contributed by atoms with E-state index in [0.717, 1.165) is 15.7 Å². The lowest BCUT2D eigenvalue weighted by molar-refractivity contribution is -0.130. The van der Waals surface area contributed by atoms with Crippen molar-refractivity contribution in [1.82, 2.24) is 4.90 Å². The highest BCUT2D eigenvalue weighted by Gasteiger charge is 2.43. The molecule has 0 spiro atoms. The van der Waals surface area contributed by atoms with Crippen molar-refractivity contribution in [1.29, 1.82) is 0 Å². The highest BCUT2D eigenvalue weighted by molar-refractivity contribution is 14.1. The Bertz CT molecular complexity index is 807. The van der Waals surface area contributed by atoms with E-state index in [4.69, 9.17) is 4.74 Å². The van der Waals surface area contributed by atoms with E-state index in [9.17, 15) is 14.7 Å². The monoisotopic (exact) mass is 453 g/mol. The number of imide groups is 1. The number of amides is 2. The fourth-order valence-electron chi connectivity index (χ4n) is 3.01. The second kappa shape index (κ2) is 7.29. The van der Waals surface area contributed by atoms with Gasteiger partial charge in [0, 0.05) is 0 Å². The van der Waals surface area contributed by atoms with Crippen molar-refractivity contribution in [2.24, 2.45) is 5.92 Å². The number of hydrogen-bond acceptors (Lipinski definition) is 4. The zero-order valence-electron chi connectivity index (χ0n) is 14.1. The third-order valence-corrected chi connectivity index (χ3v) is 5.76. The zero-order chi connectivity index (χ0) is 18.1. The minimum Gasteiger partial charge on any atom is -0.447 e. The summed E-state index contributed by atoms with van der Waals surface area (Å²) in [5.41, 5.74) is 0.653. The number of benzene rings is 2. The molecule has 132 valence electrons. The number of hydrogen-bond donors (Lipinski definition) is 1. The smallest absolute Gasteiger partial charge is 0.417 e. The zero-order valence-corrected chi connectivity index (χ0v) is 16.2. The molecule has 0 bridgehead atoms. The molecule has 0 aromatic heterocycles. The summed E-state index contributed by atoms with van der Waals surface area (Å²) >= 11 is 1.90. The molecular formula is C19H20INO4. The third-order valence-electron chi connectivity index (χ3n) is 4.54. The average molecular weight is 453 g/mol. The molecule has 5 nitrogen and oxygen atoms in total. The first-order chi connectivity index (χ1) is 11.9. The summed E-state index contributed by atoms with van der Waals surface area (Å²) in [6, 6.07) is 13.2. The number of carbonyl (C=O) groups excluding carboxylic acids is 2. The molecule has 2 aromatic rings. The fraction of sp³-hybridized carbons (Fsp3) is 0.368. The largest absolute Gasteiger partial charge is 0.447 e. The summed E-state index contributed by atoms with van der Waals surface area (Å²) in [7, 11) is 0. The van der Waals surface area contributed by atoms with Crippen LogP contribution in [0.2, 0.25) is 0 Å². The topological polar surface area (TPSA) is 66.8 Å². The molecule has 3 rings (SSSR count). The van der Waals surface area contributed by atoms with E-state index in [1.54, 1.807) is 0 Å². The van der Waals surface area contributed by atoms with Crippen LogP contribution >= 0.6 is 22.6 Å². The molecule has 0 unspecified atom stereocenters. The molecule has 1 N–H and O–H groups in total. The number of cyclic esters (lactones) is 1. The molecule has 0 saturated carbocycles. The number of alkyl halides is 1. The minimum absolute atomic E-state index is 0.0943. The van der Waals surface area contributed by atoms with E-state index in [1.165, 1.54) is 0 Å². The van der Waals surface area contributed by atoms with Gasteiger partial charge in [0.2, 0.25) is 5.91 Å². The molecule has 25 heavy (non-hydrogen) atoms. The second-order valence-corrected chi connectivity index (χ2v) is 7.89. The highest BCUT2D eigenvalue weighted by Crippen LogP contribution is 2.30. The first-order valence-electron chi connectivity index (χ1n) is 8.21. The van der Waals surface area contributed by atoms with Crippen LogP contribution in [-0.2, 0) is 9.53 Å². The molecule has 0 radical (unpaired) electrons. The van der Waals surface area contributed by atoms with Gasteiger partial charge >= 0.3 is 6.09 Å². The van der Waals surface area contributed by atoms with Crippen molar-refractivity contribution in [2.45, 2.75) is 29.9 Å². The lowest BCUT2D eigenvalue weighted by Crippen LogP contribution is -2.46. The number of fused-ring (bicyclic) bond motifs is 1. The van der Waals surface area contributed by atoms with Crippen molar-refractivity contribution in [3.8, 4) is 0 Å². The van der Waals surface area contributed by atoms with Crippen LogP contribution in [0.1, 0.15) is 25.5 Å². The predicted octanol–water partition coefficient (Wildman–Crippen LogP) is 3.68. The molecule has 3 atom stereocenters. The fourth-order valence-corrected chi connectivity index (χ4v) is 3.72. The van der Waals surface area contributed by atoms with Gasteiger partial charge in [0.1, 0.15) is 10.5 Å². The summed E-state index contributed by atoms with van der Waals surface area (Å²) in [6.45, 7) is 4.08. The van der Waals surface area contributed by atoms with Gasteiger partial charge in [0.25, 0.3) is 0 Å². The molecule has 2 amide bonds. The van der Waals surface area contributed by atoms with Crippen molar-refractivity contribution in [2.75, 3.05) is 6.61 Å². The molecule has 2 aromatic carbocycles. The van der Waals surface area contributed by atoms with E-state index in [2.05, 4.69) is 0 Å². The van der Waals surface area contributed by atoms with Gasteiger partial charge in [-0.05, 0) is 28.3 Å². The van der Waals surface area contributed by atoms with E-state index in [1.807, 2.05) is 78.9 Å². The van der Waals surface area contributed by atoms with Crippen molar-refractivity contribution in [3.63, 3.8) is 0 Å². The van der Waals surface area contributed by atoms with Gasteiger partial charge in [0.15, 0.2) is 0 Å². The maximum atomic E-state index is 12.8. The first-order valence-corrected chi connectivity index (χ1v) is 9.45. The minimum atomic E-state index is -1.00. The quantitative estimate of drug-likeness (QED) is 0.567. The Balaban J connectivity index is 1.84. The summed E-state index contributed by atoms with van der Waals surface area (Å²) in [6.07, 6.45) is -1.63. The van der Waals surface area contributed by atoms with Crippen LogP contribution in [-0.4, -0.2) is 38.6 Å². The second-order valence-electron chi connectivity index (χ2n) is 6.55. The lowest BCUT2D eigenvalue weighted by Gasteiger charge is -2.26. The summed E-state index contributed by atoms with van der Waals surface area (Å²) in [4.78, 5) is 25.9. The molecular weight excluding hydrogens is 433 g/mol. The summed E-state index contributed by atoms with van der Waals surface area (Å²) < 4.78 is 4.26. The molecule has 0 aliphatic carbocycles. The molecule has 1 aliphatic heterocycles. The van der Waals surface area contributed by atoms with Crippen molar-refractivity contribution < 1.29 is 19.4 Å². The molecule has 1 saturated heterocycles. The van der Waals surface area contributed by atoms with Crippen molar-refractivity contribution >= 4 is 45.4 Å². The van der Waals surface area contributed by atoms with Crippen LogP contribution in [0.5, 0.6) is 0 Å². The van der Waals surface area contributed by atoms with Crippen LogP contribution in [0.3, 0.4) is 0 Å². The SMILES string of the molecule is CC(C)[C@H]1COC(=O)N1C(=O)[C@@H](I)[C@@H](O)c1ccc2ccccc2c1. The Kier molecular flexibility index (Phi) is 5.29. The first kappa shape index (κ1) is 18.1. The van der Waals surface area contributed by atoms with E-state index in [-0.39, 0.29) is 18.6 Å². The van der Waals surface area contributed by atoms with Crippen LogP contribution in [0, 0.1) is 5.92 Å². The summed E-state index contributed by atoms with van der Waals surface area (Å²) in [5.74, 6) is -0.320. The lowest BCUT2D eigenvalue weighted by atomic mass is 10.00. The van der Waals surface area contributed by atoms with Gasteiger partial charge in [0.05, 0.1) is 12.1 Å². The summed E-state index contributed by atoms with van der Waals surface area (Å²) in [5, 5.41) is 12.7. The molecule has 1 heterocycles. The van der Waals surface area contributed by atoms with E-state index in [0.29, 0.717) is 5.56 Å². The predicted molar refractivity (Wildman–Crippen MR) is 104 cm³/mol. The van der Waals surface area contributed by atoms with E-state index < -0.39 is 22.0 Å². The third kappa shape index (κ3) is 3.50. The Morgan fingerprint density at radius 3 is 2.60 bits per heavy atom. The van der Waals surface area contributed by atoms with Crippen molar-refractivity contribution in [3.05, 3.63) is 48.0 Å². The molecule has 1 aliphatic rings. The number of carbonyl (C=O) groups is 2. The normalized spacial score (nSPS) is 20.0. The Labute approximate surface area is 160 Å². The van der Waals surface area contributed by atoms with Gasteiger partial charge in [-0.25, -0.2) is 9.69 Å². The van der Waals surface area contributed by atoms with Gasteiger partial charge < -0.3 is 9.84 Å². The maximum Gasteiger partial charge on any atom is 0.417 e. The Morgan fingerprint density at radius 2 is 1.92 bits per heavy atom. The maximum absolute atomic E-state index is 12.8.